The van der Waals surface area contributed by atoms with Crippen LogP contribution in [0.2, 0.25) is 0 Å². The van der Waals surface area contributed by atoms with Crippen LogP contribution in [0.15, 0.2) is 0 Å². The zero-order valence-electron chi connectivity index (χ0n) is 12.3. The second-order valence-corrected chi connectivity index (χ2v) is 7.07. The molecule has 0 N–H and O–H groups in total. The van der Waals surface area contributed by atoms with Crippen LogP contribution in [0.1, 0.15) is 72.6 Å². The minimum Gasteiger partial charge on any atom is -0.295 e. The molecule has 0 bridgehead atoms. The molecule has 2 aliphatic rings. The van der Waals surface area contributed by atoms with Crippen LogP contribution in [0.5, 0.6) is 0 Å². The van der Waals surface area contributed by atoms with E-state index in [4.69, 9.17) is 0 Å². The van der Waals surface area contributed by atoms with Gasteiger partial charge in [-0.1, -0.05) is 33.1 Å². The standard InChI is InChI=1S/C16H31N/c1-13(2)15-8-11-17(14(3)4)16(12-15)9-6-5-7-10-16/h13-15H,5-12H2,1-4H3. The van der Waals surface area contributed by atoms with Gasteiger partial charge in [0.25, 0.3) is 0 Å². The number of nitrogens with zero attached hydrogens (tertiary/aromatic N) is 1. The lowest BCUT2D eigenvalue weighted by Crippen LogP contribution is -2.58. The molecule has 1 unspecified atom stereocenters. The summed E-state index contributed by atoms with van der Waals surface area (Å²) in [4.78, 5) is 2.85. The molecule has 1 heteroatoms. The highest BCUT2D eigenvalue weighted by molar-refractivity contribution is 4.99. The highest BCUT2D eigenvalue weighted by Gasteiger charge is 2.44. The first-order chi connectivity index (χ1) is 8.05. The Morgan fingerprint density at radius 1 is 1.00 bits per heavy atom. The van der Waals surface area contributed by atoms with Gasteiger partial charge < -0.3 is 0 Å². The number of hydrogen-bond acceptors (Lipinski definition) is 1. The van der Waals surface area contributed by atoms with Crippen molar-refractivity contribution >= 4 is 0 Å². The van der Waals surface area contributed by atoms with Crippen LogP contribution in [0, 0.1) is 11.8 Å². The fourth-order valence-corrected chi connectivity index (χ4v) is 4.33. The minimum atomic E-state index is 0.583. The summed E-state index contributed by atoms with van der Waals surface area (Å²) in [6.07, 6.45) is 10.2. The Bertz CT molecular complexity index is 238. The summed E-state index contributed by atoms with van der Waals surface area (Å²) in [5.74, 6) is 1.85. The fourth-order valence-electron chi connectivity index (χ4n) is 4.33. The van der Waals surface area contributed by atoms with Crippen LogP contribution in [-0.4, -0.2) is 23.0 Å². The maximum absolute atomic E-state index is 2.85. The fraction of sp³-hybridized carbons (Fsp3) is 1.00. The Labute approximate surface area is 108 Å². The number of piperidine rings is 1. The first kappa shape index (κ1) is 13.4. The van der Waals surface area contributed by atoms with Gasteiger partial charge in [0, 0.05) is 11.6 Å². The smallest absolute Gasteiger partial charge is 0.0215 e. The van der Waals surface area contributed by atoms with Gasteiger partial charge in [-0.3, -0.25) is 4.90 Å². The Morgan fingerprint density at radius 2 is 1.65 bits per heavy atom. The van der Waals surface area contributed by atoms with Crippen molar-refractivity contribution in [2.75, 3.05) is 6.54 Å². The van der Waals surface area contributed by atoms with E-state index in [1.165, 1.54) is 51.5 Å². The molecule has 0 amide bonds. The van der Waals surface area contributed by atoms with E-state index in [2.05, 4.69) is 32.6 Å². The van der Waals surface area contributed by atoms with Crippen LogP contribution in [0.4, 0.5) is 0 Å². The molecule has 0 aromatic heterocycles. The Kier molecular flexibility index (Phi) is 4.18. The minimum absolute atomic E-state index is 0.583. The van der Waals surface area contributed by atoms with Gasteiger partial charge in [-0.25, -0.2) is 0 Å². The SMILES string of the molecule is CC(C)C1CCN(C(C)C)C2(CCCCC2)C1. The van der Waals surface area contributed by atoms with Crippen LogP contribution < -0.4 is 0 Å². The summed E-state index contributed by atoms with van der Waals surface area (Å²) in [7, 11) is 0. The molecule has 2 rings (SSSR count). The molecule has 0 aromatic carbocycles. The lowest BCUT2D eigenvalue weighted by Gasteiger charge is -2.54. The normalized spacial score (nSPS) is 30.4. The third-order valence-corrected chi connectivity index (χ3v) is 5.34. The van der Waals surface area contributed by atoms with E-state index < -0.39 is 0 Å². The van der Waals surface area contributed by atoms with E-state index in [0.717, 1.165) is 17.9 Å². The van der Waals surface area contributed by atoms with Crippen molar-refractivity contribution in [3.05, 3.63) is 0 Å². The molecule has 0 aromatic rings. The summed E-state index contributed by atoms with van der Waals surface area (Å²) >= 11 is 0. The molecule has 1 saturated heterocycles. The molecule has 1 atom stereocenters. The molecule has 1 nitrogen and oxygen atoms in total. The number of hydrogen-bond donors (Lipinski definition) is 0. The molecule has 17 heavy (non-hydrogen) atoms. The zero-order valence-corrected chi connectivity index (χ0v) is 12.3. The average molecular weight is 237 g/mol. The van der Waals surface area contributed by atoms with Crippen LogP contribution in [-0.2, 0) is 0 Å². The molecular weight excluding hydrogens is 206 g/mol. The second-order valence-electron chi connectivity index (χ2n) is 7.07. The second kappa shape index (κ2) is 5.30. The summed E-state index contributed by atoms with van der Waals surface area (Å²) in [6, 6.07) is 0.737. The van der Waals surface area contributed by atoms with E-state index >= 15 is 0 Å². The van der Waals surface area contributed by atoms with E-state index in [1.807, 2.05) is 0 Å². The lowest BCUT2D eigenvalue weighted by molar-refractivity contribution is -0.0378. The van der Waals surface area contributed by atoms with Crippen molar-refractivity contribution in [3.63, 3.8) is 0 Å². The summed E-state index contributed by atoms with van der Waals surface area (Å²) in [5, 5.41) is 0. The Balaban J connectivity index is 2.14. The van der Waals surface area contributed by atoms with E-state index in [1.54, 1.807) is 0 Å². The molecular formula is C16H31N. The van der Waals surface area contributed by atoms with Gasteiger partial charge in [0.05, 0.1) is 0 Å². The van der Waals surface area contributed by atoms with Gasteiger partial charge in [-0.2, -0.15) is 0 Å². The van der Waals surface area contributed by atoms with Crippen molar-refractivity contribution in [1.29, 1.82) is 0 Å². The van der Waals surface area contributed by atoms with E-state index in [0.29, 0.717) is 5.54 Å². The molecule has 1 spiro atoms. The summed E-state index contributed by atoms with van der Waals surface area (Å²) in [5.41, 5.74) is 0.583. The summed E-state index contributed by atoms with van der Waals surface area (Å²) in [6.45, 7) is 11.0. The predicted molar refractivity (Wildman–Crippen MR) is 75.2 cm³/mol. The van der Waals surface area contributed by atoms with Crippen molar-refractivity contribution in [2.45, 2.75) is 84.2 Å². The Hall–Kier alpha value is -0.0400. The molecule has 1 saturated carbocycles. The molecule has 1 aliphatic heterocycles. The van der Waals surface area contributed by atoms with Gasteiger partial charge in [-0.15, -0.1) is 0 Å². The molecule has 1 heterocycles. The van der Waals surface area contributed by atoms with E-state index in [-0.39, 0.29) is 0 Å². The topological polar surface area (TPSA) is 3.24 Å². The average Bonchev–Trinajstić information content (AvgIpc) is 2.29. The monoisotopic (exact) mass is 237 g/mol. The van der Waals surface area contributed by atoms with Gasteiger partial charge in [0.1, 0.15) is 0 Å². The molecule has 1 aliphatic carbocycles. The highest BCUT2D eigenvalue weighted by atomic mass is 15.2. The third kappa shape index (κ3) is 2.70. The molecule has 100 valence electrons. The largest absolute Gasteiger partial charge is 0.295 e. The number of rotatable bonds is 2. The van der Waals surface area contributed by atoms with Gasteiger partial charge in [-0.05, 0) is 57.9 Å². The zero-order chi connectivity index (χ0) is 12.5. The van der Waals surface area contributed by atoms with Crippen LogP contribution >= 0.6 is 0 Å². The van der Waals surface area contributed by atoms with E-state index in [9.17, 15) is 0 Å². The van der Waals surface area contributed by atoms with Crippen molar-refractivity contribution in [2.24, 2.45) is 11.8 Å². The van der Waals surface area contributed by atoms with Crippen molar-refractivity contribution < 1.29 is 0 Å². The first-order valence-corrected chi connectivity index (χ1v) is 7.82. The lowest BCUT2D eigenvalue weighted by atomic mass is 9.68. The predicted octanol–water partition coefficient (Wildman–Crippen LogP) is 4.47. The maximum atomic E-state index is 2.85. The van der Waals surface area contributed by atoms with Crippen molar-refractivity contribution in [1.82, 2.24) is 4.90 Å². The highest BCUT2D eigenvalue weighted by Crippen LogP contribution is 2.45. The third-order valence-electron chi connectivity index (χ3n) is 5.34. The summed E-state index contributed by atoms with van der Waals surface area (Å²) < 4.78 is 0. The van der Waals surface area contributed by atoms with Gasteiger partial charge in [0.2, 0.25) is 0 Å². The maximum Gasteiger partial charge on any atom is 0.0215 e. The molecule has 0 radical (unpaired) electrons. The quantitative estimate of drug-likeness (QED) is 0.685. The molecule has 2 fully saturated rings. The van der Waals surface area contributed by atoms with Crippen molar-refractivity contribution in [3.8, 4) is 0 Å². The first-order valence-electron chi connectivity index (χ1n) is 7.82. The van der Waals surface area contributed by atoms with Gasteiger partial charge in [0.15, 0.2) is 0 Å². The number of likely N-dealkylation sites (tertiary alicyclic amines) is 1. The van der Waals surface area contributed by atoms with Gasteiger partial charge >= 0.3 is 0 Å². The Morgan fingerprint density at radius 3 is 2.18 bits per heavy atom. The van der Waals surface area contributed by atoms with Crippen LogP contribution in [0.25, 0.3) is 0 Å². The van der Waals surface area contributed by atoms with Crippen LogP contribution in [0.3, 0.4) is 0 Å².